The van der Waals surface area contributed by atoms with Crippen molar-refractivity contribution in [3.8, 4) is 0 Å². The van der Waals surface area contributed by atoms with Crippen LogP contribution in [0.2, 0.25) is 0 Å². The van der Waals surface area contributed by atoms with Crippen LogP contribution in [-0.2, 0) is 24.0 Å². The molecule has 0 fully saturated rings. The van der Waals surface area contributed by atoms with E-state index in [1.165, 1.54) is 57.8 Å². The monoisotopic (exact) mass is 610 g/mol. The van der Waals surface area contributed by atoms with Crippen molar-refractivity contribution in [1.29, 1.82) is 0 Å². The van der Waals surface area contributed by atoms with Gasteiger partial charge in [0.25, 0.3) is 0 Å². The Balaban J connectivity index is 3.68. The molecule has 0 spiro atoms. The summed E-state index contributed by atoms with van der Waals surface area (Å²) in [5, 5.41) is 23.4. The van der Waals surface area contributed by atoms with Gasteiger partial charge in [-0.1, -0.05) is 103 Å². The van der Waals surface area contributed by atoms with Crippen LogP contribution >= 0.6 is 0 Å². The Hall–Kier alpha value is -2.45. The van der Waals surface area contributed by atoms with Crippen LogP contribution in [-0.4, -0.2) is 52.3 Å². The summed E-state index contributed by atoms with van der Waals surface area (Å²) in [5.41, 5.74) is 0. The second kappa shape index (κ2) is 28.3. The van der Waals surface area contributed by atoms with Crippen LogP contribution in [0.15, 0.2) is 0 Å². The summed E-state index contributed by atoms with van der Waals surface area (Å²) in [5.74, 6) is -2.03. The number of hydrogen-bond donors (Lipinski definition) is 4. The van der Waals surface area contributed by atoms with Crippen molar-refractivity contribution in [1.82, 2.24) is 10.6 Å². The van der Waals surface area contributed by atoms with E-state index in [1.54, 1.807) is 6.92 Å². The van der Waals surface area contributed by atoms with Gasteiger partial charge in [0.2, 0.25) is 11.8 Å². The van der Waals surface area contributed by atoms with Crippen LogP contribution in [0.25, 0.3) is 0 Å². The first-order valence-corrected chi connectivity index (χ1v) is 17.2. The lowest BCUT2D eigenvalue weighted by Crippen LogP contribution is -2.41. The minimum absolute atomic E-state index is 0.0415. The standard InChI is InChI=1S/C34H62N2O7/c1-3-29(28(2)37)22-20-21-27-35-31(38)26-25-30(34(42)43)36-32(39)23-18-16-14-12-10-8-6-4-5-7-9-11-13-15-17-19-24-33(40)41/h29-30H,3-27H2,1-2H3,(H,35,38)(H,36,39)(H,40,41)(H,42,43). The van der Waals surface area contributed by atoms with Gasteiger partial charge in [-0.2, -0.15) is 0 Å². The normalized spacial score (nSPS) is 12.4. The van der Waals surface area contributed by atoms with Gasteiger partial charge in [-0.05, 0) is 45.4 Å². The third-order valence-electron chi connectivity index (χ3n) is 8.21. The first kappa shape index (κ1) is 40.5. The molecule has 0 saturated carbocycles. The summed E-state index contributed by atoms with van der Waals surface area (Å²) in [7, 11) is 0. The Bertz CT molecular complexity index is 772. The fourth-order valence-corrected chi connectivity index (χ4v) is 5.36. The van der Waals surface area contributed by atoms with Crippen molar-refractivity contribution in [3.63, 3.8) is 0 Å². The van der Waals surface area contributed by atoms with E-state index in [0.717, 1.165) is 70.6 Å². The number of rotatable bonds is 31. The lowest BCUT2D eigenvalue weighted by atomic mass is 9.95. The third kappa shape index (κ3) is 26.9. The van der Waals surface area contributed by atoms with Gasteiger partial charge in [-0.25, -0.2) is 4.79 Å². The zero-order valence-corrected chi connectivity index (χ0v) is 27.3. The maximum Gasteiger partial charge on any atom is 0.326 e. The molecule has 0 aromatic carbocycles. The molecule has 9 heteroatoms. The zero-order chi connectivity index (χ0) is 32.1. The molecular weight excluding hydrogens is 548 g/mol. The molecule has 0 rings (SSSR count). The molecule has 2 atom stereocenters. The molecule has 2 amide bonds. The fraction of sp³-hybridized carbons (Fsp3) is 0.853. The van der Waals surface area contributed by atoms with E-state index in [1.807, 2.05) is 6.92 Å². The van der Waals surface area contributed by atoms with Gasteiger partial charge < -0.3 is 20.8 Å². The molecule has 0 aliphatic carbocycles. The maximum absolute atomic E-state index is 12.2. The molecule has 4 N–H and O–H groups in total. The Labute approximate surface area is 260 Å². The molecule has 0 aliphatic rings. The van der Waals surface area contributed by atoms with Gasteiger partial charge in [0.1, 0.15) is 11.8 Å². The van der Waals surface area contributed by atoms with E-state index in [-0.39, 0.29) is 36.4 Å². The molecule has 0 saturated heterocycles. The van der Waals surface area contributed by atoms with Gasteiger partial charge in [-0.3, -0.25) is 19.2 Å². The SMILES string of the molecule is CCC(CCCCNC(=O)CCC(NC(=O)CCCCCCCCCCCCCCCCCCC(=O)O)C(=O)O)C(C)=O. The zero-order valence-electron chi connectivity index (χ0n) is 27.3. The van der Waals surface area contributed by atoms with E-state index in [0.29, 0.717) is 19.4 Å². The number of carbonyl (C=O) groups is 5. The Morgan fingerprint density at radius 2 is 1.02 bits per heavy atom. The van der Waals surface area contributed by atoms with Gasteiger partial charge >= 0.3 is 11.9 Å². The number of Topliss-reactive ketones (excluding diaryl/α,β-unsaturated/α-hetero) is 1. The molecule has 43 heavy (non-hydrogen) atoms. The number of amides is 2. The summed E-state index contributed by atoms with van der Waals surface area (Å²) in [6, 6.07) is -1.06. The molecule has 0 heterocycles. The number of carboxylic acid groups (broad SMARTS) is 2. The average molecular weight is 611 g/mol. The highest BCUT2D eigenvalue weighted by molar-refractivity contribution is 5.84. The topological polar surface area (TPSA) is 150 Å². The van der Waals surface area contributed by atoms with Crippen LogP contribution in [0.3, 0.4) is 0 Å². The first-order valence-electron chi connectivity index (χ1n) is 17.2. The Kier molecular flexibility index (Phi) is 26.7. The van der Waals surface area contributed by atoms with Gasteiger partial charge in [0.05, 0.1) is 0 Å². The second-order valence-electron chi connectivity index (χ2n) is 12.1. The summed E-state index contributed by atoms with van der Waals surface area (Å²) < 4.78 is 0. The van der Waals surface area contributed by atoms with Crippen LogP contribution in [0, 0.1) is 5.92 Å². The molecule has 0 aromatic heterocycles. The molecule has 250 valence electrons. The molecule has 0 radical (unpaired) electrons. The molecular formula is C34H62N2O7. The van der Waals surface area contributed by atoms with Crippen molar-refractivity contribution < 1.29 is 34.2 Å². The summed E-state index contributed by atoms with van der Waals surface area (Å²) >= 11 is 0. The van der Waals surface area contributed by atoms with Gasteiger partial charge in [0.15, 0.2) is 0 Å². The van der Waals surface area contributed by atoms with Crippen LogP contribution in [0.4, 0.5) is 0 Å². The largest absolute Gasteiger partial charge is 0.481 e. The highest BCUT2D eigenvalue weighted by Gasteiger charge is 2.20. The number of aliphatic carboxylic acids is 2. The number of ketones is 1. The van der Waals surface area contributed by atoms with Crippen LogP contribution in [0.5, 0.6) is 0 Å². The number of carbonyl (C=O) groups excluding carboxylic acids is 3. The number of carboxylic acids is 2. The molecule has 9 nitrogen and oxygen atoms in total. The Morgan fingerprint density at radius 3 is 1.44 bits per heavy atom. The number of hydrogen-bond acceptors (Lipinski definition) is 5. The van der Waals surface area contributed by atoms with E-state index in [2.05, 4.69) is 10.6 Å². The molecule has 2 unspecified atom stereocenters. The predicted octanol–water partition coefficient (Wildman–Crippen LogP) is 7.34. The van der Waals surface area contributed by atoms with Gasteiger partial charge in [-0.15, -0.1) is 0 Å². The van der Waals surface area contributed by atoms with Crippen molar-refractivity contribution in [2.75, 3.05) is 6.54 Å². The van der Waals surface area contributed by atoms with E-state index in [9.17, 15) is 29.1 Å². The first-order chi connectivity index (χ1) is 20.7. The van der Waals surface area contributed by atoms with E-state index < -0.39 is 18.0 Å². The number of unbranched alkanes of at least 4 members (excludes halogenated alkanes) is 16. The van der Waals surface area contributed by atoms with Crippen LogP contribution in [0.1, 0.15) is 168 Å². The lowest BCUT2D eigenvalue weighted by molar-refractivity contribution is -0.142. The number of nitrogens with one attached hydrogen (secondary N) is 2. The van der Waals surface area contributed by atoms with Crippen LogP contribution < -0.4 is 10.6 Å². The lowest BCUT2D eigenvalue weighted by Gasteiger charge is -2.15. The van der Waals surface area contributed by atoms with E-state index >= 15 is 0 Å². The summed E-state index contributed by atoms with van der Waals surface area (Å²) in [6.45, 7) is 4.11. The van der Waals surface area contributed by atoms with E-state index in [4.69, 9.17) is 5.11 Å². The van der Waals surface area contributed by atoms with Crippen molar-refractivity contribution in [3.05, 3.63) is 0 Å². The maximum atomic E-state index is 12.2. The predicted molar refractivity (Wildman–Crippen MR) is 171 cm³/mol. The Morgan fingerprint density at radius 1 is 0.558 bits per heavy atom. The van der Waals surface area contributed by atoms with Crippen molar-refractivity contribution in [2.45, 2.75) is 174 Å². The highest BCUT2D eigenvalue weighted by Crippen LogP contribution is 2.15. The molecule has 0 aliphatic heterocycles. The summed E-state index contributed by atoms with van der Waals surface area (Å²) in [4.78, 5) is 57.8. The molecule has 0 aromatic rings. The third-order valence-corrected chi connectivity index (χ3v) is 8.21. The fourth-order valence-electron chi connectivity index (χ4n) is 5.36. The summed E-state index contributed by atoms with van der Waals surface area (Å²) in [6.07, 6.45) is 22.2. The minimum atomic E-state index is -1.12. The minimum Gasteiger partial charge on any atom is -0.481 e. The molecule has 0 bridgehead atoms. The van der Waals surface area contributed by atoms with Gasteiger partial charge in [0, 0.05) is 31.7 Å². The average Bonchev–Trinajstić information content (AvgIpc) is 2.95. The quantitative estimate of drug-likeness (QED) is 0.0600. The van der Waals surface area contributed by atoms with Crippen molar-refractivity contribution in [2.24, 2.45) is 5.92 Å². The smallest absolute Gasteiger partial charge is 0.326 e. The van der Waals surface area contributed by atoms with Crippen molar-refractivity contribution >= 4 is 29.5 Å². The second-order valence-corrected chi connectivity index (χ2v) is 12.1. The highest BCUT2D eigenvalue weighted by atomic mass is 16.4.